The summed E-state index contributed by atoms with van der Waals surface area (Å²) in [6, 6.07) is -0.162. The van der Waals surface area contributed by atoms with Crippen LogP contribution in [-0.2, 0) is 9.53 Å². The topological polar surface area (TPSA) is 64.7 Å². The molecule has 0 aromatic heterocycles. The number of carbonyl (C=O) groups excluding carboxylic acids is 1. The zero-order valence-electron chi connectivity index (χ0n) is 8.33. The third-order valence-electron chi connectivity index (χ3n) is 2.42. The number of carbonyl (C=O) groups is 1. The van der Waals surface area contributed by atoms with Crippen molar-refractivity contribution in [2.24, 2.45) is 10.7 Å². The van der Waals surface area contributed by atoms with E-state index in [2.05, 4.69) is 4.99 Å². The summed E-state index contributed by atoms with van der Waals surface area (Å²) in [5.41, 5.74) is 4.44. The number of primary amides is 1. The summed E-state index contributed by atoms with van der Waals surface area (Å²) < 4.78 is 5.44. The van der Waals surface area contributed by atoms with E-state index in [9.17, 15) is 4.79 Å². The van der Waals surface area contributed by atoms with Crippen LogP contribution >= 0.6 is 0 Å². The highest BCUT2D eigenvalue weighted by Gasteiger charge is 2.47. The molecule has 1 aliphatic heterocycles. The van der Waals surface area contributed by atoms with Crippen LogP contribution in [0.15, 0.2) is 4.99 Å². The number of ether oxygens (including phenoxy) is 1. The fourth-order valence-corrected chi connectivity index (χ4v) is 1.76. The van der Waals surface area contributed by atoms with Crippen molar-refractivity contribution in [2.45, 2.75) is 45.3 Å². The van der Waals surface area contributed by atoms with Gasteiger partial charge in [0.1, 0.15) is 0 Å². The van der Waals surface area contributed by atoms with Gasteiger partial charge in [-0.15, -0.1) is 0 Å². The van der Waals surface area contributed by atoms with E-state index in [-0.39, 0.29) is 6.04 Å². The Hall–Kier alpha value is -1.06. The fourth-order valence-electron chi connectivity index (χ4n) is 1.76. The molecule has 74 valence electrons. The lowest BCUT2D eigenvalue weighted by atomic mass is 9.90. The van der Waals surface area contributed by atoms with Gasteiger partial charge in [0.2, 0.25) is 5.60 Å². The van der Waals surface area contributed by atoms with Crippen LogP contribution in [0.2, 0.25) is 0 Å². The lowest BCUT2D eigenvalue weighted by Crippen LogP contribution is -2.50. The predicted octanol–water partition coefficient (Wildman–Crippen LogP) is 0.848. The number of nitrogens with two attached hydrogens (primary N) is 1. The van der Waals surface area contributed by atoms with E-state index in [1.54, 1.807) is 6.92 Å². The van der Waals surface area contributed by atoms with Gasteiger partial charge in [0.15, 0.2) is 5.90 Å². The molecule has 0 spiro atoms. The van der Waals surface area contributed by atoms with Crippen LogP contribution in [0.3, 0.4) is 0 Å². The monoisotopic (exact) mass is 184 g/mol. The molecule has 1 aliphatic rings. The molecule has 13 heavy (non-hydrogen) atoms. The first-order valence-corrected chi connectivity index (χ1v) is 4.56. The number of nitrogens with zero attached hydrogens (tertiary/aromatic N) is 1. The molecule has 1 rings (SSSR count). The SMILES string of the molecule is CCCC1(C(N)=O)OC(C)=NC1C. The summed E-state index contributed by atoms with van der Waals surface area (Å²) >= 11 is 0. The highest BCUT2D eigenvalue weighted by Crippen LogP contribution is 2.30. The number of hydrogen-bond donors (Lipinski definition) is 1. The van der Waals surface area contributed by atoms with Gasteiger partial charge in [-0.1, -0.05) is 13.3 Å². The van der Waals surface area contributed by atoms with Gasteiger partial charge in [-0.05, 0) is 13.3 Å². The van der Waals surface area contributed by atoms with E-state index in [1.807, 2.05) is 13.8 Å². The lowest BCUT2D eigenvalue weighted by molar-refractivity contribution is -0.135. The summed E-state index contributed by atoms with van der Waals surface area (Å²) in [4.78, 5) is 15.5. The summed E-state index contributed by atoms with van der Waals surface area (Å²) in [6.45, 7) is 5.60. The minimum Gasteiger partial charge on any atom is -0.463 e. The van der Waals surface area contributed by atoms with Crippen molar-refractivity contribution in [3.8, 4) is 0 Å². The van der Waals surface area contributed by atoms with Gasteiger partial charge in [0, 0.05) is 6.92 Å². The minimum atomic E-state index is -0.890. The van der Waals surface area contributed by atoms with E-state index in [4.69, 9.17) is 10.5 Å². The molecular formula is C9H16N2O2. The van der Waals surface area contributed by atoms with Gasteiger partial charge < -0.3 is 10.5 Å². The average molecular weight is 184 g/mol. The molecule has 2 unspecified atom stereocenters. The maximum Gasteiger partial charge on any atom is 0.263 e. The Kier molecular flexibility index (Phi) is 2.59. The van der Waals surface area contributed by atoms with Crippen molar-refractivity contribution >= 4 is 11.8 Å². The highest BCUT2D eigenvalue weighted by molar-refractivity contribution is 5.90. The van der Waals surface area contributed by atoms with Crippen LogP contribution in [0, 0.1) is 0 Å². The molecule has 2 atom stereocenters. The fraction of sp³-hybridized carbons (Fsp3) is 0.778. The van der Waals surface area contributed by atoms with Crippen LogP contribution in [0.1, 0.15) is 33.6 Å². The summed E-state index contributed by atoms with van der Waals surface area (Å²) in [5.74, 6) is 0.141. The molecule has 4 heteroatoms. The number of aliphatic imine (C=N–C) groups is 1. The van der Waals surface area contributed by atoms with E-state index in [0.717, 1.165) is 6.42 Å². The molecule has 0 fully saturated rings. The molecule has 0 saturated heterocycles. The second-order valence-electron chi connectivity index (χ2n) is 3.43. The molecule has 0 aromatic rings. The second-order valence-corrected chi connectivity index (χ2v) is 3.43. The zero-order chi connectivity index (χ0) is 10.1. The van der Waals surface area contributed by atoms with Crippen LogP contribution in [0.4, 0.5) is 0 Å². The van der Waals surface area contributed by atoms with Crippen molar-refractivity contribution in [1.82, 2.24) is 0 Å². The van der Waals surface area contributed by atoms with Crippen LogP contribution in [0.25, 0.3) is 0 Å². The Bertz CT molecular complexity index is 250. The van der Waals surface area contributed by atoms with Crippen molar-refractivity contribution in [3.05, 3.63) is 0 Å². The Labute approximate surface area is 78.2 Å². The Morgan fingerprint density at radius 1 is 1.77 bits per heavy atom. The van der Waals surface area contributed by atoms with Gasteiger partial charge in [-0.2, -0.15) is 0 Å². The molecule has 0 radical (unpaired) electrons. The lowest BCUT2D eigenvalue weighted by Gasteiger charge is -2.27. The van der Waals surface area contributed by atoms with Gasteiger partial charge in [0.25, 0.3) is 5.91 Å². The van der Waals surface area contributed by atoms with Crippen LogP contribution in [0.5, 0.6) is 0 Å². The maximum absolute atomic E-state index is 11.3. The molecule has 2 N–H and O–H groups in total. The van der Waals surface area contributed by atoms with Gasteiger partial charge in [-0.3, -0.25) is 4.79 Å². The standard InChI is InChI=1S/C9H16N2O2/c1-4-5-9(8(10)12)6(2)11-7(3)13-9/h6H,4-5H2,1-3H3,(H2,10,12). The Morgan fingerprint density at radius 2 is 2.38 bits per heavy atom. The number of amides is 1. The third-order valence-corrected chi connectivity index (χ3v) is 2.42. The van der Waals surface area contributed by atoms with Gasteiger partial charge in [-0.25, -0.2) is 4.99 Å². The first kappa shape index (κ1) is 10.0. The van der Waals surface area contributed by atoms with Crippen molar-refractivity contribution in [2.75, 3.05) is 0 Å². The normalized spacial score (nSPS) is 32.5. The van der Waals surface area contributed by atoms with E-state index < -0.39 is 11.5 Å². The molecule has 1 amide bonds. The van der Waals surface area contributed by atoms with Crippen molar-refractivity contribution in [1.29, 1.82) is 0 Å². The summed E-state index contributed by atoms with van der Waals surface area (Å²) in [5, 5.41) is 0. The van der Waals surface area contributed by atoms with E-state index in [1.165, 1.54) is 0 Å². The van der Waals surface area contributed by atoms with Gasteiger partial charge >= 0.3 is 0 Å². The molecule has 0 saturated carbocycles. The quantitative estimate of drug-likeness (QED) is 0.706. The number of rotatable bonds is 3. The maximum atomic E-state index is 11.3. The molecule has 0 aliphatic carbocycles. The summed E-state index contributed by atoms with van der Waals surface area (Å²) in [7, 11) is 0. The summed E-state index contributed by atoms with van der Waals surface area (Å²) in [6.07, 6.45) is 1.49. The Balaban J connectivity index is 2.89. The third kappa shape index (κ3) is 1.53. The Morgan fingerprint density at radius 3 is 2.69 bits per heavy atom. The molecule has 0 aromatic carbocycles. The highest BCUT2D eigenvalue weighted by atomic mass is 16.5. The first-order chi connectivity index (χ1) is 6.03. The van der Waals surface area contributed by atoms with Crippen molar-refractivity contribution < 1.29 is 9.53 Å². The van der Waals surface area contributed by atoms with E-state index >= 15 is 0 Å². The molecule has 1 heterocycles. The van der Waals surface area contributed by atoms with Crippen LogP contribution in [-0.4, -0.2) is 23.4 Å². The molecular weight excluding hydrogens is 168 g/mol. The zero-order valence-corrected chi connectivity index (χ0v) is 8.33. The molecule has 4 nitrogen and oxygen atoms in total. The van der Waals surface area contributed by atoms with Crippen LogP contribution < -0.4 is 5.73 Å². The smallest absolute Gasteiger partial charge is 0.263 e. The predicted molar refractivity (Wildman–Crippen MR) is 50.5 cm³/mol. The van der Waals surface area contributed by atoms with Gasteiger partial charge in [0.05, 0.1) is 6.04 Å². The second kappa shape index (κ2) is 3.36. The largest absolute Gasteiger partial charge is 0.463 e. The van der Waals surface area contributed by atoms with E-state index in [0.29, 0.717) is 12.3 Å². The minimum absolute atomic E-state index is 0.162. The van der Waals surface area contributed by atoms with Crippen molar-refractivity contribution in [3.63, 3.8) is 0 Å². The number of hydrogen-bond acceptors (Lipinski definition) is 3. The average Bonchev–Trinajstić information content (AvgIpc) is 2.28. The molecule has 0 bridgehead atoms. The first-order valence-electron chi connectivity index (χ1n) is 4.56.